The summed E-state index contributed by atoms with van der Waals surface area (Å²) in [4.78, 5) is 12.6. The van der Waals surface area contributed by atoms with Gasteiger partial charge in [0.1, 0.15) is 29.8 Å². The van der Waals surface area contributed by atoms with Crippen LogP contribution in [0.1, 0.15) is 16.7 Å². The highest BCUT2D eigenvalue weighted by atomic mass is 79.9. The van der Waals surface area contributed by atoms with Gasteiger partial charge in [0, 0.05) is 10.2 Å². The number of rotatable bonds is 8. The van der Waals surface area contributed by atoms with E-state index < -0.39 is 5.91 Å². The predicted octanol–water partition coefficient (Wildman–Crippen LogP) is 7.20. The Morgan fingerprint density at radius 3 is 2.58 bits per heavy atom. The quantitative estimate of drug-likeness (QED) is 0.177. The summed E-state index contributed by atoms with van der Waals surface area (Å²) >= 11 is 6.88. The first-order valence-corrected chi connectivity index (χ1v) is 11.5. The van der Waals surface area contributed by atoms with Gasteiger partial charge in [-0.15, -0.1) is 6.58 Å². The number of allylic oxidation sites excluding steroid dienone is 1. The van der Waals surface area contributed by atoms with Gasteiger partial charge in [-0.3, -0.25) is 4.79 Å². The van der Waals surface area contributed by atoms with Crippen LogP contribution in [-0.2, 0) is 17.8 Å². The lowest BCUT2D eigenvalue weighted by Gasteiger charge is -2.14. The molecule has 33 heavy (non-hydrogen) atoms. The van der Waals surface area contributed by atoms with E-state index >= 15 is 0 Å². The summed E-state index contributed by atoms with van der Waals surface area (Å²) in [5.74, 6) is -0.192. The van der Waals surface area contributed by atoms with Crippen LogP contribution in [0, 0.1) is 17.1 Å². The standard InChI is InChI=1S/C26H19Br2FN2O2/c1-2-4-19-11-18(12-20(15-30)26(32)31-23-6-3-5-21(27)14-23)13-24(28)25(19)33-16-17-7-9-22(29)10-8-17/h2-3,5-14H,1,4,16H2,(H,31,32)/b20-12-. The minimum atomic E-state index is -0.506. The first kappa shape index (κ1) is 24.4. The Balaban J connectivity index is 1.85. The SMILES string of the molecule is C=CCc1cc(/C=C(/C#N)C(=O)Nc2cccc(Br)c2)cc(Br)c1OCc1ccc(F)cc1. The molecule has 0 aliphatic heterocycles. The van der Waals surface area contributed by atoms with Crippen molar-refractivity contribution in [1.82, 2.24) is 0 Å². The summed E-state index contributed by atoms with van der Waals surface area (Å²) < 4.78 is 20.6. The molecule has 1 N–H and O–H groups in total. The second-order valence-electron chi connectivity index (χ2n) is 7.03. The van der Waals surface area contributed by atoms with E-state index in [9.17, 15) is 14.4 Å². The Morgan fingerprint density at radius 2 is 1.91 bits per heavy atom. The van der Waals surface area contributed by atoms with E-state index in [-0.39, 0.29) is 18.0 Å². The average molecular weight is 570 g/mol. The Bertz CT molecular complexity index is 1250. The van der Waals surface area contributed by atoms with Gasteiger partial charge in [-0.25, -0.2) is 4.39 Å². The highest BCUT2D eigenvalue weighted by molar-refractivity contribution is 9.10. The number of carbonyl (C=O) groups excluding carboxylic acids is 1. The lowest BCUT2D eigenvalue weighted by Crippen LogP contribution is -2.13. The van der Waals surface area contributed by atoms with Gasteiger partial charge < -0.3 is 10.1 Å². The Kier molecular flexibility index (Phi) is 8.58. The van der Waals surface area contributed by atoms with E-state index in [2.05, 4.69) is 43.8 Å². The van der Waals surface area contributed by atoms with Crippen LogP contribution < -0.4 is 10.1 Å². The van der Waals surface area contributed by atoms with Gasteiger partial charge in [-0.05, 0) is 87.6 Å². The first-order valence-electron chi connectivity index (χ1n) is 9.89. The van der Waals surface area contributed by atoms with Crippen molar-refractivity contribution in [2.45, 2.75) is 13.0 Å². The van der Waals surface area contributed by atoms with E-state index in [1.165, 1.54) is 18.2 Å². The van der Waals surface area contributed by atoms with Crippen molar-refractivity contribution in [3.63, 3.8) is 0 Å². The molecule has 0 aliphatic rings. The lowest BCUT2D eigenvalue weighted by molar-refractivity contribution is -0.112. The number of nitrogens with zero attached hydrogens (tertiary/aromatic N) is 1. The molecule has 7 heteroatoms. The predicted molar refractivity (Wildman–Crippen MR) is 135 cm³/mol. The second kappa shape index (κ2) is 11.6. The Labute approximate surface area is 208 Å². The van der Waals surface area contributed by atoms with Crippen LogP contribution >= 0.6 is 31.9 Å². The molecule has 0 saturated heterocycles. The van der Waals surface area contributed by atoms with Crippen molar-refractivity contribution in [2.75, 3.05) is 5.32 Å². The summed E-state index contributed by atoms with van der Waals surface area (Å²) in [6.45, 7) is 4.06. The molecule has 4 nitrogen and oxygen atoms in total. The van der Waals surface area contributed by atoms with Gasteiger partial charge in [0.15, 0.2) is 0 Å². The fraction of sp³-hybridized carbons (Fsp3) is 0.0769. The van der Waals surface area contributed by atoms with Crippen LogP contribution in [0.5, 0.6) is 5.75 Å². The van der Waals surface area contributed by atoms with Crippen LogP contribution in [-0.4, -0.2) is 5.91 Å². The molecule has 0 radical (unpaired) electrons. The fourth-order valence-corrected chi connectivity index (χ4v) is 4.07. The number of anilines is 1. The number of ether oxygens (including phenoxy) is 1. The highest BCUT2D eigenvalue weighted by Gasteiger charge is 2.14. The number of halogens is 3. The van der Waals surface area contributed by atoms with Crippen molar-refractivity contribution in [3.05, 3.63) is 110 Å². The van der Waals surface area contributed by atoms with Crippen LogP contribution in [0.3, 0.4) is 0 Å². The lowest BCUT2D eigenvalue weighted by atomic mass is 10.0. The van der Waals surface area contributed by atoms with Crippen LogP contribution in [0.4, 0.5) is 10.1 Å². The first-order chi connectivity index (χ1) is 15.9. The molecule has 1 amide bonds. The number of hydrogen-bond donors (Lipinski definition) is 1. The molecule has 3 rings (SSSR count). The molecule has 0 aromatic heterocycles. The van der Waals surface area contributed by atoms with Crippen molar-refractivity contribution in [2.24, 2.45) is 0 Å². The monoisotopic (exact) mass is 568 g/mol. The second-order valence-corrected chi connectivity index (χ2v) is 8.80. The third kappa shape index (κ3) is 6.88. The third-order valence-corrected chi connectivity index (χ3v) is 5.64. The molecular weight excluding hydrogens is 551 g/mol. The number of amides is 1. The number of nitriles is 1. The van der Waals surface area contributed by atoms with Crippen molar-refractivity contribution in [1.29, 1.82) is 5.26 Å². The van der Waals surface area contributed by atoms with Gasteiger partial charge in [0.25, 0.3) is 5.91 Å². The maximum atomic E-state index is 13.1. The topological polar surface area (TPSA) is 62.1 Å². The molecule has 0 saturated carbocycles. The van der Waals surface area contributed by atoms with Gasteiger partial charge in [0.05, 0.1) is 4.47 Å². The van der Waals surface area contributed by atoms with Gasteiger partial charge in [-0.2, -0.15) is 5.26 Å². The van der Waals surface area contributed by atoms with Gasteiger partial charge >= 0.3 is 0 Å². The van der Waals surface area contributed by atoms with Crippen molar-refractivity contribution in [3.8, 4) is 11.8 Å². The zero-order valence-electron chi connectivity index (χ0n) is 17.4. The average Bonchev–Trinajstić information content (AvgIpc) is 2.78. The molecule has 0 aliphatic carbocycles. The summed E-state index contributed by atoms with van der Waals surface area (Å²) in [6.07, 6.45) is 3.78. The normalized spacial score (nSPS) is 10.9. The molecule has 0 spiro atoms. The maximum absolute atomic E-state index is 13.1. The molecule has 0 unspecified atom stereocenters. The van der Waals surface area contributed by atoms with E-state index in [1.807, 2.05) is 18.2 Å². The highest BCUT2D eigenvalue weighted by Crippen LogP contribution is 2.33. The van der Waals surface area contributed by atoms with E-state index in [1.54, 1.807) is 42.5 Å². The number of benzene rings is 3. The smallest absolute Gasteiger partial charge is 0.266 e. The summed E-state index contributed by atoms with van der Waals surface area (Å²) in [5, 5.41) is 12.3. The summed E-state index contributed by atoms with van der Waals surface area (Å²) in [7, 11) is 0. The molecular formula is C26H19Br2FN2O2. The number of nitrogens with one attached hydrogen (secondary N) is 1. The summed E-state index contributed by atoms with van der Waals surface area (Å²) in [6, 6.07) is 18.8. The molecule has 0 bridgehead atoms. The van der Waals surface area contributed by atoms with Crippen LogP contribution in [0.15, 0.2) is 87.8 Å². The number of hydrogen-bond acceptors (Lipinski definition) is 3. The molecule has 3 aromatic carbocycles. The minimum Gasteiger partial charge on any atom is -0.487 e. The Hall–Kier alpha value is -3.21. The Morgan fingerprint density at radius 1 is 1.15 bits per heavy atom. The van der Waals surface area contributed by atoms with Crippen LogP contribution in [0.2, 0.25) is 0 Å². The third-order valence-electron chi connectivity index (χ3n) is 4.56. The van der Waals surface area contributed by atoms with Gasteiger partial charge in [-0.1, -0.05) is 40.2 Å². The molecule has 166 valence electrons. The van der Waals surface area contributed by atoms with Gasteiger partial charge in [0.2, 0.25) is 0 Å². The summed E-state index contributed by atoms with van der Waals surface area (Å²) in [5.41, 5.74) is 2.86. The van der Waals surface area contributed by atoms with E-state index in [0.29, 0.717) is 27.9 Å². The van der Waals surface area contributed by atoms with Crippen molar-refractivity contribution >= 4 is 49.5 Å². The molecule has 0 atom stereocenters. The zero-order chi connectivity index (χ0) is 23.8. The zero-order valence-corrected chi connectivity index (χ0v) is 20.6. The van der Waals surface area contributed by atoms with E-state index in [0.717, 1.165) is 15.6 Å². The van der Waals surface area contributed by atoms with E-state index in [4.69, 9.17) is 4.74 Å². The van der Waals surface area contributed by atoms with Crippen molar-refractivity contribution < 1.29 is 13.9 Å². The number of carbonyl (C=O) groups is 1. The fourth-order valence-electron chi connectivity index (χ4n) is 3.04. The molecule has 0 heterocycles. The largest absolute Gasteiger partial charge is 0.487 e. The molecule has 0 fully saturated rings. The van der Waals surface area contributed by atoms with Crippen LogP contribution in [0.25, 0.3) is 6.08 Å². The minimum absolute atomic E-state index is 0.0357. The maximum Gasteiger partial charge on any atom is 0.266 e. The molecule has 3 aromatic rings.